The van der Waals surface area contributed by atoms with Crippen LogP contribution in [0, 0.1) is 11.2 Å². The van der Waals surface area contributed by atoms with E-state index in [9.17, 15) is 9.59 Å². The number of hydrazone groups is 1. The zero-order valence-corrected chi connectivity index (χ0v) is 19.8. The molecule has 1 aliphatic heterocycles. The summed E-state index contributed by atoms with van der Waals surface area (Å²) in [6.07, 6.45) is 5.03. The number of halogens is 1. The molecule has 0 radical (unpaired) electrons. The number of allylic oxidation sites excluding steroid dienone is 1. The number of cyclic esters (lactones) is 1. The fraction of sp³-hybridized carbons (Fsp3) is 0.292. The number of hydrogen-bond acceptors (Lipinski definition) is 8. The number of ether oxygens (including phenoxy) is 1. The molecule has 1 aromatic heterocycles. The number of carbonyl (C=O) groups excluding carboxylic acids is 2. The van der Waals surface area contributed by atoms with Crippen LogP contribution in [-0.4, -0.2) is 79.0 Å². The number of rotatable bonds is 12. The molecule has 0 bridgehead atoms. The lowest BCUT2D eigenvalue weighted by Crippen LogP contribution is -2.35. The van der Waals surface area contributed by atoms with Crippen LogP contribution in [0.15, 0.2) is 53.9 Å². The molecule has 0 aliphatic carbocycles. The summed E-state index contributed by atoms with van der Waals surface area (Å²) in [4.78, 5) is 30.7. The molecule has 1 fully saturated rings. The number of carbonyl (C=O) groups is 2. The highest BCUT2D eigenvalue weighted by Crippen LogP contribution is 2.29. The summed E-state index contributed by atoms with van der Waals surface area (Å²) in [5.41, 5.74) is 1.19. The van der Waals surface area contributed by atoms with Gasteiger partial charge >= 0.3 is 6.09 Å². The topological polar surface area (TPSA) is 134 Å². The Labute approximate surface area is 208 Å². The van der Waals surface area contributed by atoms with Gasteiger partial charge in [0.1, 0.15) is 24.3 Å². The average Bonchev–Trinajstić information content (AvgIpc) is 3.26. The number of hydrogen-bond donors (Lipinski definition) is 3. The molecular weight excluding hydrogens is 469 g/mol. The smallest absolute Gasteiger partial charge is 0.414 e. The van der Waals surface area contributed by atoms with Crippen LogP contribution >= 0.6 is 0 Å². The number of aliphatic hydroxyl groups excluding tert-OH is 1. The molecule has 3 N–H and O–H groups in total. The summed E-state index contributed by atoms with van der Waals surface area (Å²) in [5.74, 6) is -0.600. The van der Waals surface area contributed by atoms with Crippen molar-refractivity contribution < 1.29 is 23.8 Å². The minimum absolute atomic E-state index is 0.214. The highest BCUT2D eigenvalue weighted by molar-refractivity contribution is 5.90. The van der Waals surface area contributed by atoms with E-state index in [0.29, 0.717) is 29.2 Å². The van der Waals surface area contributed by atoms with Gasteiger partial charge in [-0.2, -0.15) is 5.10 Å². The maximum Gasteiger partial charge on any atom is 0.414 e. The first-order valence-electron chi connectivity index (χ1n) is 11.1. The van der Waals surface area contributed by atoms with Gasteiger partial charge in [0.25, 0.3) is 0 Å². The van der Waals surface area contributed by atoms with E-state index in [1.54, 1.807) is 41.6 Å². The summed E-state index contributed by atoms with van der Waals surface area (Å²) in [6.45, 7) is 5.78. The minimum Gasteiger partial charge on any atom is -0.442 e. The summed E-state index contributed by atoms with van der Waals surface area (Å²) in [5, 5.41) is 24.2. The molecule has 3 rings (SSSR count). The van der Waals surface area contributed by atoms with Gasteiger partial charge in [-0.3, -0.25) is 20.1 Å². The van der Waals surface area contributed by atoms with E-state index >= 15 is 4.39 Å². The maximum atomic E-state index is 15.0. The Bertz CT molecular complexity index is 1130. The Hall–Kier alpha value is -4.32. The minimum atomic E-state index is -0.608. The van der Waals surface area contributed by atoms with Gasteiger partial charge < -0.3 is 20.1 Å². The highest BCUT2D eigenvalue weighted by atomic mass is 19.1. The van der Waals surface area contributed by atoms with Crippen LogP contribution in [0.4, 0.5) is 20.7 Å². The quantitative estimate of drug-likeness (QED) is 0.232. The number of benzene rings is 1. The zero-order chi connectivity index (χ0) is 26.1. The molecule has 1 aromatic carbocycles. The summed E-state index contributed by atoms with van der Waals surface area (Å²) < 4.78 is 20.4. The summed E-state index contributed by atoms with van der Waals surface area (Å²) in [6, 6.07) is 7.78. The Kier molecular flexibility index (Phi) is 9.06. The first-order valence-corrected chi connectivity index (χ1v) is 11.1. The van der Waals surface area contributed by atoms with Crippen LogP contribution < -0.4 is 15.1 Å². The van der Waals surface area contributed by atoms with E-state index < -0.39 is 30.5 Å². The van der Waals surface area contributed by atoms with Crippen molar-refractivity contribution in [1.82, 2.24) is 15.3 Å². The first-order chi connectivity index (χ1) is 17.4. The van der Waals surface area contributed by atoms with Crippen LogP contribution in [0.25, 0.3) is 11.1 Å². The summed E-state index contributed by atoms with van der Waals surface area (Å²) >= 11 is 0. The van der Waals surface area contributed by atoms with Crippen LogP contribution in [0.2, 0.25) is 0 Å². The van der Waals surface area contributed by atoms with Crippen molar-refractivity contribution in [2.45, 2.75) is 13.0 Å². The van der Waals surface area contributed by atoms with Gasteiger partial charge in [0.05, 0.1) is 25.1 Å². The number of nitrogens with one attached hydrogen (secondary N) is 2. The lowest BCUT2D eigenvalue weighted by Gasteiger charge is -2.18. The Morgan fingerprint density at radius 1 is 1.44 bits per heavy atom. The predicted molar refractivity (Wildman–Crippen MR) is 135 cm³/mol. The van der Waals surface area contributed by atoms with Crippen molar-refractivity contribution in [3.63, 3.8) is 0 Å². The second kappa shape index (κ2) is 12.4. The second-order valence-corrected chi connectivity index (χ2v) is 7.76. The molecule has 12 heteroatoms. The highest BCUT2D eigenvalue weighted by Gasteiger charge is 2.33. The van der Waals surface area contributed by atoms with E-state index in [-0.39, 0.29) is 19.6 Å². The fourth-order valence-electron chi connectivity index (χ4n) is 3.61. The van der Waals surface area contributed by atoms with Crippen molar-refractivity contribution in [3.8, 4) is 11.1 Å². The van der Waals surface area contributed by atoms with Crippen molar-refractivity contribution in [2.75, 3.05) is 42.6 Å². The van der Waals surface area contributed by atoms with Crippen molar-refractivity contribution in [3.05, 3.63) is 54.6 Å². The van der Waals surface area contributed by atoms with Crippen LogP contribution in [0.3, 0.4) is 0 Å². The van der Waals surface area contributed by atoms with E-state index in [1.165, 1.54) is 22.1 Å². The van der Waals surface area contributed by atoms with Gasteiger partial charge in [-0.25, -0.2) is 14.2 Å². The lowest BCUT2D eigenvalue weighted by molar-refractivity contribution is -0.123. The SMILES string of the molecule is C=NN(/C=C\C)CC1CN(c2ccc(-c3ccc(N(C=N)CCNC(=O)CO)nc3)c(F)c2)C(=O)O1. The lowest BCUT2D eigenvalue weighted by atomic mass is 10.1. The molecule has 36 heavy (non-hydrogen) atoms. The Morgan fingerprint density at radius 3 is 2.86 bits per heavy atom. The van der Waals surface area contributed by atoms with Crippen LogP contribution in [0.1, 0.15) is 6.92 Å². The fourth-order valence-corrected chi connectivity index (χ4v) is 3.61. The van der Waals surface area contributed by atoms with E-state index in [0.717, 1.165) is 6.34 Å². The van der Waals surface area contributed by atoms with Crippen LogP contribution in [0.5, 0.6) is 0 Å². The Morgan fingerprint density at radius 2 is 2.25 bits per heavy atom. The number of anilines is 2. The molecule has 11 nitrogen and oxygen atoms in total. The van der Waals surface area contributed by atoms with Crippen LogP contribution in [-0.2, 0) is 9.53 Å². The van der Waals surface area contributed by atoms with Gasteiger partial charge in [0, 0.05) is 43.3 Å². The molecule has 0 saturated carbocycles. The molecule has 0 spiro atoms. The summed E-state index contributed by atoms with van der Waals surface area (Å²) in [7, 11) is 0. The van der Waals surface area contributed by atoms with E-state index in [2.05, 4.69) is 22.1 Å². The molecule has 1 saturated heterocycles. The largest absolute Gasteiger partial charge is 0.442 e. The second-order valence-electron chi connectivity index (χ2n) is 7.76. The van der Waals surface area contributed by atoms with Crippen molar-refractivity contribution >= 4 is 36.6 Å². The van der Waals surface area contributed by atoms with Crippen molar-refractivity contribution in [1.29, 1.82) is 5.41 Å². The standard InChI is InChI=1S/C24H28FN7O4/c1-3-9-31(27-2)13-19-14-32(24(35)36-19)18-5-6-20(21(25)11-18)17-4-7-22(29-12-17)30(16-26)10-8-28-23(34)15-33/h3-7,9,11-12,16,19,26,33H,2,8,10,13-15H2,1H3,(H,28,34)/b9-3-,26-16?. The number of pyridine rings is 1. The molecule has 1 atom stereocenters. The molecule has 1 aliphatic rings. The predicted octanol–water partition coefficient (Wildman–Crippen LogP) is 2.19. The van der Waals surface area contributed by atoms with Gasteiger partial charge in [-0.05, 0) is 37.3 Å². The number of aromatic nitrogens is 1. The first kappa shape index (κ1) is 26.3. The maximum absolute atomic E-state index is 15.0. The van der Waals surface area contributed by atoms with E-state index in [1.807, 2.05) is 6.92 Å². The average molecular weight is 498 g/mol. The van der Waals surface area contributed by atoms with Gasteiger partial charge in [-0.15, -0.1) is 0 Å². The third-order valence-corrected chi connectivity index (χ3v) is 5.36. The molecule has 2 aromatic rings. The molecular formula is C24H28FN7O4. The number of nitrogens with zero attached hydrogens (tertiary/aromatic N) is 5. The number of amides is 2. The van der Waals surface area contributed by atoms with Gasteiger partial charge in [-0.1, -0.05) is 6.08 Å². The van der Waals surface area contributed by atoms with Gasteiger partial charge in [0.2, 0.25) is 5.91 Å². The van der Waals surface area contributed by atoms with Crippen molar-refractivity contribution in [2.24, 2.45) is 5.10 Å². The molecule has 2 heterocycles. The third-order valence-electron chi connectivity index (χ3n) is 5.36. The monoisotopic (exact) mass is 497 g/mol. The molecule has 190 valence electrons. The normalized spacial score (nSPS) is 15.0. The molecule has 2 amide bonds. The van der Waals surface area contributed by atoms with E-state index in [4.69, 9.17) is 15.3 Å². The Balaban J connectivity index is 1.68. The zero-order valence-electron chi connectivity index (χ0n) is 19.8. The third kappa shape index (κ3) is 6.42. The number of aliphatic hydroxyl groups is 1. The molecule has 1 unspecified atom stereocenters. The van der Waals surface area contributed by atoms with Gasteiger partial charge in [0.15, 0.2) is 0 Å².